The zero-order chi connectivity index (χ0) is 41.5. The van der Waals surface area contributed by atoms with Gasteiger partial charge in [-0.15, -0.1) is 0 Å². The summed E-state index contributed by atoms with van der Waals surface area (Å²) < 4.78 is 16.7. The highest BCUT2D eigenvalue weighted by Crippen LogP contribution is 2.15. The minimum Gasteiger partial charge on any atom is -0.462 e. The molecule has 1 atom stereocenters. The van der Waals surface area contributed by atoms with Gasteiger partial charge in [0.2, 0.25) is 0 Å². The molecule has 0 rings (SSSR count). The maximum Gasteiger partial charge on any atom is 0.306 e. The van der Waals surface area contributed by atoms with E-state index in [-0.39, 0.29) is 31.1 Å². The molecule has 0 aliphatic carbocycles. The molecule has 0 bridgehead atoms. The molecule has 0 saturated heterocycles. The molecule has 0 fully saturated rings. The number of carbonyl (C=O) groups is 3. The topological polar surface area (TPSA) is 78.9 Å². The average molecular weight is 797 g/mol. The fraction of sp³-hybridized carbons (Fsp3) is 0.745. The molecule has 0 heterocycles. The highest BCUT2D eigenvalue weighted by atomic mass is 16.6. The van der Waals surface area contributed by atoms with Crippen LogP contribution in [0.15, 0.2) is 60.8 Å². The van der Waals surface area contributed by atoms with Crippen molar-refractivity contribution >= 4 is 17.9 Å². The Morgan fingerprint density at radius 1 is 0.386 bits per heavy atom. The van der Waals surface area contributed by atoms with Gasteiger partial charge >= 0.3 is 17.9 Å². The van der Waals surface area contributed by atoms with Crippen molar-refractivity contribution in [2.24, 2.45) is 0 Å². The largest absolute Gasteiger partial charge is 0.462 e. The van der Waals surface area contributed by atoms with Crippen molar-refractivity contribution in [2.75, 3.05) is 13.2 Å². The van der Waals surface area contributed by atoms with Crippen molar-refractivity contribution in [3.8, 4) is 0 Å². The highest BCUT2D eigenvalue weighted by molar-refractivity contribution is 5.71. The zero-order valence-corrected chi connectivity index (χ0v) is 37.3. The van der Waals surface area contributed by atoms with E-state index in [9.17, 15) is 14.4 Å². The second-order valence-electron chi connectivity index (χ2n) is 15.7. The van der Waals surface area contributed by atoms with Gasteiger partial charge in [0, 0.05) is 19.3 Å². The molecule has 0 aliphatic rings. The lowest BCUT2D eigenvalue weighted by molar-refractivity contribution is -0.167. The van der Waals surface area contributed by atoms with Gasteiger partial charge in [0.15, 0.2) is 6.10 Å². The SMILES string of the molecule is CC\C=C/C=C\C=C/CCCCCCCCCC(=O)OCC(COC(=O)CCCCCCCCCCCCCC)OC(=O)CCCCCCC/C=C\C/C=C\CC. The molecular formula is C51H88O6. The van der Waals surface area contributed by atoms with Gasteiger partial charge < -0.3 is 14.2 Å². The van der Waals surface area contributed by atoms with Crippen molar-refractivity contribution in [3.63, 3.8) is 0 Å². The van der Waals surface area contributed by atoms with Crippen molar-refractivity contribution in [3.05, 3.63) is 60.8 Å². The summed E-state index contributed by atoms with van der Waals surface area (Å²) in [5.41, 5.74) is 0. The second kappa shape index (κ2) is 45.8. The molecule has 0 aromatic carbocycles. The van der Waals surface area contributed by atoms with E-state index in [1.807, 2.05) is 0 Å². The Bertz CT molecular complexity index is 1050. The minimum atomic E-state index is -0.782. The van der Waals surface area contributed by atoms with Gasteiger partial charge in [-0.2, -0.15) is 0 Å². The van der Waals surface area contributed by atoms with Crippen LogP contribution in [-0.2, 0) is 28.6 Å². The van der Waals surface area contributed by atoms with Gasteiger partial charge in [-0.25, -0.2) is 0 Å². The van der Waals surface area contributed by atoms with Gasteiger partial charge in [-0.3, -0.25) is 14.4 Å². The number of allylic oxidation sites excluding steroid dienone is 10. The first-order valence-electron chi connectivity index (χ1n) is 23.8. The van der Waals surface area contributed by atoms with Crippen molar-refractivity contribution in [2.45, 2.75) is 232 Å². The van der Waals surface area contributed by atoms with Gasteiger partial charge in [-0.05, 0) is 64.2 Å². The highest BCUT2D eigenvalue weighted by Gasteiger charge is 2.19. The summed E-state index contributed by atoms with van der Waals surface area (Å²) in [4.78, 5) is 37.8. The zero-order valence-electron chi connectivity index (χ0n) is 37.3. The molecule has 0 amide bonds. The van der Waals surface area contributed by atoms with Crippen LogP contribution in [0.1, 0.15) is 226 Å². The van der Waals surface area contributed by atoms with Gasteiger partial charge in [-0.1, -0.05) is 204 Å². The summed E-state index contributed by atoms with van der Waals surface area (Å²) in [5, 5.41) is 0. The van der Waals surface area contributed by atoms with Crippen LogP contribution in [0.2, 0.25) is 0 Å². The van der Waals surface area contributed by atoms with E-state index in [1.165, 1.54) is 83.5 Å². The van der Waals surface area contributed by atoms with Crippen LogP contribution in [-0.4, -0.2) is 37.2 Å². The van der Waals surface area contributed by atoms with Crippen LogP contribution in [0.3, 0.4) is 0 Å². The predicted octanol–water partition coefficient (Wildman–Crippen LogP) is 15.3. The Hall–Kier alpha value is -2.89. The summed E-state index contributed by atoms with van der Waals surface area (Å²) >= 11 is 0. The second-order valence-corrected chi connectivity index (χ2v) is 15.7. The summed E-state index contributed by atoms with van der Waals surface area (Å²) in [6.07, 6.45) is 54.8. The lowest BCUT2D eigenvalue weighted by atomic mass is 10.0. The Kier molecular flexibility index (Phi) is 43.5. The van der Waals surface area contributed by atoms with Crippen LogP contribution < -0.4 is 0 Å². The Morgan fingerprint density at radius 3 is 1.25 bits per heavy atom. The quantitative estimate of drug-likeness (QED) is 0.0201. The third-order valence-electron chi connectivity index (χ3n) is 10.1. The Morgan fingerprint density at radius 2 is 0.772 bits per heavy atom. The summed E-state index contributed by atoms with van der Waals surface area (Å²) in [7, 11) is 0. The molecule has 0 aromatic heterocycles. The van der Waals surface area contributed by atoms with Crippen molar-refractivity contribution in [1.29, 1.82) is 0 Å². The monoisotopic (exact) mass is 797 g/mol. The maximum absolute atomic E-state index is 12.7. The van der Waals surface area contributed by atoms with Crippen molar-refractivity contribution < 1.29 is 28.6 Å². The Balaban J connectivity index is 4.40. The molecule has 0 radical (unpaired) electrons. The standard InChI is InChI=1S/C51H88O6/c1-4-7-10-13-16-19-22-25-26-27-30-32-35-38-41-44-50(53)56-47-48(57-51(54)45-42-39-36-33-29-24-21-18-15-12-9-6-3)46-55-49(52)43-40-37-34-31-28-23-20-17-14-11-8-5-2/h7,9-10,12-13,16,18-19,21-22,48H,4-6,8,11,14-15,17,20,23-47H2,1-3H3/b10-7-,12-9-,16-13-,21-18-,22-19-. The maximum atomic E-state index is 12.7. The van der Waals surface area contributed by atoms with E-state index in [0.717, 1.165) is 103 Å². The molecule has 0 aliphatic heterocycles. The molecular weight excluding hydrogens is 709 g/mol. The van der Waals surface area contributed by atoms with Crippen LogP contribution >= 0.6 is 0 Å². The fourth-order valence-corrected chi connectivity index (χ4v) is 6.54. The number of hydrogen-bond donors (Lipinski definition) is 0. The first kappa shape index (κ1) is 54.1. The molecule has 0 spiro atoms. The molecule has 0 saturated carbocycles. The molecule has 6 heteroatoms. The summed E-state index contributed by atoms with van der Waals surface area (Å²) in [6.45, 7) is 6.37. The third kappa shape index (κ3) is 44.1. The van der Waals surface area contributed by atoms with E-state index >= 15 is 0 Å². The molecule has 6 nitrogen and oxygen atoms in total. The van der Waals surface area contributed by atoms with Crippen LogP contribution in [0.4, 0.5) is 0 Å². The lowest BCUT2D eigenvalue weighted by Gasteiger charge is -2.18. The van der Waals surface area contributed by atoms with Gasteiger partial charge in [0.05, 0.1) is 0 Å². The number of ether oxygens (including phenoxy) is 3. The first-order valence-corrected chi connectivity index (χ1v) is 23.8. The van der Waals surface area contributed by atoms with Crippen LogP contribution in [0.5, 0.6) is 0 Å². The molecule has 57 heavy (non-hydrogen) atoms. The van der Waals surface area contributed by atoms with E-state index in [1.54, 1.807) is 0 Å². The van der Waals surface area contributed by atoms with E-state index < -0.39 is 6.10 Å². The molecule has 0 N–H and O–H groups in total. The molecule has 328 valence electrons. The first-order chi connectivity index (χ1) is 28.0. The Labute approximate surface area is 351 Å². The predicted molar refractivity (Wildman–Crippen MR) is 242 cm³/mol. The van der Waals surface area contributed by atoms with Gasteiger partial charge in [0.1, 0.15) is 13.2 Å². The number of unbranched alkanes of at least 4 members (excludes halogenated alkanes) is 23. The normalized spacial score (nSPS) is 12.5. The van der Waals surface area contributed by atoms with Gasteiger partial charge in [0.25, 0.3) is 0 Å². The lowest BCUT2D eigenvalue weighted by Crippen LogP contribution is -2.30. The minimum absolute atomic E-state index is 0.0827. The van der Waals surface area contributed by atoms with E-state index in [0.29, 0.717) is 19.3 Å². The average Bonchev–Trinajstić information content (AvgIpc) is 3.21. The number of rotatable bonds is 42. The third-order valence-corrected chi connectivity index (χ3v) is 10.1. The smallest absolute Gasteiger partial charge is 0.306 e. The number of esters is 3. The van der Waals surface area contributed by atoms with Crippen molar-refractivity contribution in [1.82, 2.24) is 0 Å². The van der Waals surface area contributed by atoms with E-state index in [4.69, 9.17) is 14.2 Å². The van der Waals surface area contributed by atoms with Crippen LogP contribution in [0, 0.1) is 0 Å². The fourth-order valence-electron chi connectivity index (χ4n) is 6.54. The summed E-state index contributed by atoms with van der Waals surface area (Å²) in [5.74, 6) is -0.910. The van der Waals surface area contributed by atoms with E-state index in [2.05, 4.69) is 81.5 Å². The van der Waals surface area contributed by atoms with Crippen LogP contribution in [0.25, 0.3) is 0 Å². The summed E-state index contributed by atoms with van der Waals surface area (Å²) in [6, 6.07) is 0. The number of hydrogen-bond acceptors (Lipinski definition) is 6. The molecule has 1 unspecified atom stereocenters. The number of carbonyl (C=O) groups excluding carboxylic acids is 3. The molecule has 0 aromatic rings.